The highest BCUT2D eigenvalue weighted by atomic mass is 16.5. The lowest BCUT2D eigenvalue weighted by Gasteiger charge is -2.32. The molecule has 0 N–H and O–H groups in total. The lowest BCUT2D eigenvalue weighted by molar-refractivity contribution is -0.141. The van der Waals surface area contributed by atoms with Gasteiger partial charge < -0.3 is 14.5 Å². The lowest BCUT2D eigenvalue weighted by atomic mass is 9.91. The molecule has 4 rings (SSSR count). The molecule has 2 heterocycles. The van der Waals surface area contributed by atoms with E-state index < -0.39 is 0 Å². The number of carbonyl (C=O) groups is 1. The standard InChI is InChI=1S/C15H14O2.C9H14N4.2C2H6/c1-17-15(16)14(12-8-4-2-5-9-12)13-10-6-3-7-11-13;1-12-5-7-13(8-6-12)9-10-3-2-4-11-9;2*1-2/h2-11,14H,1H3;2-4H,5-8H2,1H3;2*1-2H3. The van der Waals surface area contributed by atoms with Gasteiger partial charge in [0.1, 0.15) is 5.92 Å². The molecule has 0 aliphatic carbocycles. The molecular formula is C28H40N4O2. The Morgan fingerprint density at radius 2 is 1.21 bits per heavy atom. The molecule has 2 aromatic carbocycles. The van der Waals surface area contributed by atoms with Gasteiger partial charge >= 0.3 is 5.97 Å². The molecule has 1 fully saturated rings. The molecule has 0 amide bonds. The summed E-state index contributed by atoms with van der Waals surface area (Å²) in [6.45, 7) is 12.2. The number of ether oxygens (including phenoxy) is 1. The number of anilines is 1. The lowest BCUT2D eigenvalue weighted by Crippen LogP contribution is -2.45. The van der Waals surface area contributed by atoms with Crippen molar-refractivity contribution in [2.24, 2.45) is 0 Å². The number of aromatic nitrogens is 2. The maximum atomic E-state index is 11.9. The number of nitrogens with zero attached hydrogens (tertiary/aromatic N) is 4. The summed E-state index contributed by atoms with van der Waals surface area (Å²) >= 11 is 0. The first-order valence-corrected chi connectivity index (χ1v) is 12.1. The summed E-state index contributed by atoms with van der Waals surface area (Å²) < 4.78 is 4.88. The van der Waals surface area contributed by atoms with Crippen LogP contribution in [0.4, 0.5) is 5.95 Å². The maximum absolute atomic E-state index is 11.9. The van der Waals surface area contributed by atoms with E-state index in [-0.39, 0.29) is 11.9 Å². The normalized spacial score (nSPS) is 12.7. The van der Waals surface area contributed by atoms with Crippen molar-refractivity contribution in [2.75, 3.05) is 45.2 Å². The maximum Gasteiger partial charge on any atom is 0.317 e. The highest BCUT2D eigenvalue weighted by Gasteiger charge is 2.22. The molecule has 1 saturated heterocycles. The summed E-state index contributed by atoms with van der Waals surface area (Å²) in [5.41, 5.74) is 1.90. The van der Waals surface area contributed by atoms with E-state index >= 15 is 0 Å². The van der Waals surface area contributed by atoms with Crippen molar-refractivity contribution in [1.29, 1.82) is 0 Å². The second kappa shape index (κ2) is 17.3. The van der Waals surface area contributed by atoms with Crippen molar-refractivity contribution in [2.45, 2.75) is 33.6 Å². The SMILES string of the molecule is CC.CC.CN1CCN(c2ncccn2)CC1.COC(=O)C(c1ccccc1)c1ccccc1. The molecule has 0 bridgehead atoms. The first-order chi connectivity index (χ1) is 16.7. The van der Waals surface area contributed by atoms with Crippen LogP contribution in [0.2, 0.25) is 0 Å². The van der Waals surface area contributed by atoms with Crippen LogP contribution < -0.4 is 4.90 Å². The molecule has 0 unspecified atom stereocenters. The Bertz CT molecular complexity index is 845. The number of hydrogen-bond acceptors (Lipinski definition) is 6. The first-order valence-electron chi connectivity index (χ1n) is 12.1. The Morgan fingerprint density at radius 1 is 0.765 bits per heavy atom. The van der Waals surface area contributed by atoms with Gasteiger partial charge in [0.2, 0.25) is 5.95 Å². The van der Waals surface area contributed by atoms with Crippen LogP contribution in [0.25, 0.3) is 0 Å². The molecule has 34 heavy (non-hydrogen) atoms. The van der Waals surface area contributed by atoms with Crippen LogP contribution in [0.3, 0.4) is 0 Å². The third-order valence-electron chi connectivity index (χ3n) is 5.04. The highest BCUT2D eigenvalue weighted by molar-refractivity contribution is 5.82. The van der Waals surface area contributed by atoms with Crippen molar-refractivity contribution in [3.63, 3.8) is 0 Å². The number of benzene rings is 2. The number of hydrogen-bond donors (Lipinski definition) is 0. The van der Waals surface area contributed by atoms with Crippen molar-refractivity contribution >= 4 is 11.9 Å². The monoisotopic (exact) mass is 464 g/mol. The van der Waals surface area contributed by atoms with Crippen LogP contribution in [-0.4, -0.2) is 61.2 Å². The molecule has 0 spiro atoms. The minimum absolute atomic E-state index is 0.234. The topological polar surface area (TPSA) is 58.6 Å². The minimum atomic E-state index is -0.345. The first kappa shape index (κ1) is 28.8. The Hall–Kier alpha value is -3.25. The van der Waals surface area contributed by atoms with Crippen LogP contribution >= 0.6 is 0 Å². The van der Waals surface area contributed by atoms with Crippen LogP contribution in [0.5, 0.6) is 0 Å². The summed E-state index contributed by atoms with van der Waals surface area (Å²) in [4.78, 5) is 24.9. The summed E-state index contributed by atoms with van der Waals surface area (Å²) in [7, 11) is 3.56. The minimum Gasteiger partial charge on any atom is -0.468 e. The smallest absolute Gasteiger partial charge is 0.317 e. The van der Waals surface area contributed by atoms with Crippen molar-refractivity contribution in [1.82, 2.24) is 14.9 Å². The van der Waals surface area contributed by atoms with Crippen molar-refractivity contribution in [3.05, 3.63) is 90.3 Å². The van der Waals surface area contributed by atoms with Gasteiger partial charge in [0.05, 0.1) is 7.11 Å². The fourth-order valence-electron chi connectivity index (χ4n) is 3.33. The highest BCUT2D eigenvalue weighted by Crippen LogP contribution is 2.25. The molecule has 184 valence electrons. The summed E-state index contributed by atoms with van der Waals surface area (Å²) in [6, 6.07) is 21.2. The predicted molar refractivity (Wildman–Crippen MR) is 141 cm³/mol. The van der Waals surface area contributed by atoms with Gasteiger partial charge in [0.15, 0.2) is 0 Å². The fraction of sp³-hybridized carbons (Fsp3) is 0.393. The van der Waals surface area contributed by atoms with E-state index in [9.17, 15) is 4.79 Å². The van der Waals surface area contributed by atoms with Gasteiger partial charge in [0, 0.05) is 38.6 Å². The number of likely N-dealkylation sites (N-methyl/N-ethyl adjacent to an activating group) is 1. The molecule has 6 nitrogen and oxygen atoms in total. The quantitative estimate of drug-likeness (QED) is 0.490. The van der Waals surface area contributed by atoms with E-state index in [1.165, 1.54) is 7.11 Å². The zero-order valence-electron chi connectivity index (χ0n) is 21.5. The zero-order chi connectivity index (χ0) is 25.2. The van der Waals surface area contributed by atoms with Gasteiger partial charge in [-0.3, -0.25) is 4.79 Å². The molecule has 0 radical (unpaired) electrons. The average Bonchev–Trinajstić information content (AvgIpc) is 2.93. The predicted octanol–water partition coefficient (Wildman–Crippen LogP) is 5.27. The molecule has 0 saturated carbocycles. The van der Waals surface area contributed by atoms with Crippen LogP contribution in [0, 0.1) is 0 Å². The van der Waals surface area contributed by atoms with Gasteiger partial charge in [-0.05, 0) is 24.2 Å². The number of esters is 1. The Balaban J connectivity index is 0.000000304. The molecule has 3 aromatic rings. The third-order valence-corrected chi connectivity index (χ3v) is 5.04. The van der Waals surface area contributed by atoms with E-state index in [0.29, 0.717) is 0 Å². The summed E-state index contributed by atoms with van der Waals surface area (Å²) in [6.07, 6.45) is 3.58. The van der Waals surface area contributed by atoms with Gasteiger partial charge in [-0.2, -0.15) is 0 Å². The second-order valence-corrected chi connectivity index (χ2v) is 7.12. The largest absolute Gasteiger partial charge is 0.468 e. The van der Waals surface area contributed by atoms with E-state index in [1.54, 1.807) is 12.4 Å². The van der Waals surface area contributed by atoms with Gasteiger partial charge in [-0.1, -0.05) is 88.4 Å². The molecule has 1 aliphatic heterocycles. The van der Waals surface area contributed by atoms with Gasteiger partial charge in [0.25, 0.3) is 0 Å². The van der Waals surface area contributed by atoms with Crippen molar-refractivity contribution in [3.8, 4) is 0 Å². The number of carbonyl (C=O) groups excluding carboxylic acids is 1. The van der Waals surface area contributed by atoms with E-state index in [4.69, 9.17) is 4.74 Å². The molecule has 1 aromatic heterocycles. The Kier molecular flexibility index (Phi) is 14.6. The van der Waals surface area contributed by atoms with Gasteiger partial charge in [-0.25, -0.2) is 9.97 Å². The van der Waals surface area contributed by atoms with E-state index in [1.807, 2.05) is 94.4 Å². The number of piperazine rings is 1. The zero-order valence-corrected chi connectivity index (χ0v) is 21.5. The Labute approximate surface area is 205 Å². The Morgan fingerprint density at radius 3 is 1.62 bits per heavy atom. The number of methoxy groups -OCH3 is 1. The van der Waals surface area contributed by atoms with Gasteiger partial charge in [-0.15, -0.1) is 0 Å². The van der Waals surface area contributed by atoms with Crippen molar-refractivity contribution < 1.29 is 9.53 Å². The van der Waals surface area contributed by atoms with Crippen LogP contribution in [-0.2, 0) is 9.53 Å². The third kappa shape index (κ3) is 9.32. The summed E-state index contributed by atoms with van der Waals surface area (Å²) in [5, 5.41) is 0. The molecule has 1 aliphatic rings. The molecule has 6 heteroatoms. The number of rotatable bonds is 4. The van der Waals surface area contributed by atoms with E-state index in [0.717, 1.165) is 43.3 Å². The molecule has 0 atom stereocenters. The van der Waals surface area contributed by atoms with E-state index in [2.05, 4.69) is 26.8 Å². The van der Waals surface area contributed by atoms with Crippen LogP contribution in [0.15, 0.2) is 79.1 Å². The average molecular weight is 465 g/mol. The van der Waals surface area contributed by atoms with Crippen LogP contribution in [0.1, 0.15) is 44.7 Å². The fourth-order valence-corrected chi connectivity index (χ4v) is 3.33. The summed E-state index contributed by atoms with van der Waals surface area (Å²) in [5.74, 6) is 0.278. The molecular weight excluding hydrogens is 424 g/mol. The second-order valence-electron chi connectivity index (χ2n) is 7.12.